The fourth-order valence-corrected chi connectivity index (χ4v) is 1.91. The molecule has 100 valence electrons. The number of hydrogen-bond donors (Lipinski definition) is 1. The lowest BCUT2D eigenvalue weighted by molar-refractivity contribution is 0.102. The largest absolute Gasteiger partial charge is 0.321 e. The maximum atomic E-state index is 13.2. The van der Waals surface area contributed by atoms with Crippen molar-refractivity contribution in [2.24, 2.45) is 0 Å². The van der Waals surface area contributed by atoms with Crippen molar-refractivity contribution in [3.05, 3.63) is 59.8 Å². The van der Waals surface area contributed by atoms with Gasteiger partial charge in [0.05, 0.1) is 6.20 Å². The van der Waals surface area contributed by atoms with E-state index in [0.29, 0.717) is 16.9 Å². The van der Waals surface area contributed by atoms with Gasteiger partial charge in [-0.1, -0.05) is 6.07 Å². The van der Waals surface area contributed by atoms with Gasteiger partial charge in [0.15, 0.2) is 5.65 Å². The Kier molecular flexibility index (Phi) is 2.90. The predicted molar refractivity (Wildman–Crippen MR) is 72.1 cm³/mol. The summed E-state index contributed by atoms with van der Waals surface area (Å²) in [6, 6.07) is 5.96. The molecule has 0 bridgehead atoms. The van der Waals surface area contributed by atoms with Crippen LogP contribution < -0.4 is 5.32 Å². The zero-order valence-electron chi connectivity index (χ0n) is 10.7. The lowest BCUT2D eigenvalue weighted by atomic mass is 10.2. The van der Waals surface area contributed by atoms with Gasteiger partial charge in [0.1, 0.15) is 11.4 Å². The lowest BCUT2D eigenvalue weighted by Crippen LogP contribution is -2.13. The third-order valence-corrected chi connectivity index (χ3v) is 2.97. The first-order chi connectivity index (χ1) is 9.65. The smallest absolute Gasteiger partial charge is 0.261 e. The van der Waals surface area contributed by atoms with Crippen LogP contribution in [0, 0.1) is 12.7 Å². The van der Waals surface area contributed by atoms with Crippen molar-refractivity contribution in [2.45, 2.75) is 6.92 Å². The highest BCUT2D eigenvalue weighted by molar-refractivity contribution is 6.08. The monoisotopic (exact) mass is 270 g/mol. The van der Waals surface area contributed by atoms with E-state index < -0.39 is 5.82 Å². The zero-order chi connectivity index (χ0) is 14.1. The summed E-state index contributed by atoms with van der Waals surface area (Å²) < 4.78 is 14.7. The second-order valence-corrected chi connectivity index (χ2v) is 4.36. The molecule has 0 aliphatic carbocycles. The fraction of sp³-hybridized carbons (Fsp3) is 0.0714. The maximum absolute atomic E-state index is 13.2. The lowest BCUT2D eigenvalue weighted by Gasteiger charge is -2.07. The SMILES string of the molecule is Cc1ccc(F)cc1NC(=O)c1cnn2cccnc12. The summed E-state index contributed by atoms with van der Waals surface area (Å²) in [7, 11) is 0. The Morgan fingerprint density at radius 3 is 3.10 bits per heavy atom. The van der Waals surface area contributed by atoms with Crippen molar-refractivity contribution in [3.63, 3.8) is 0 Å². The third kappa shape index (κ3) is 2.11. The second-order valence-electron chi connectivity index (χ2n) is 4.36. The summed E-state index contributed by atoms with van der Waals surface area (Å²) in [5.41, 5.74) is 2.02. The van der Waals surface area contributed by atoms with Crippen molar-refractivity contribution in [3.8, 4) is 0 Å². The number of hydrogen-bond acceptors (Lipinski definition) is 3. The summed E-state index contributed by atoms with van der Waals surface area (Å²) in [4.78, 5) is 16.3. The van der Waals surface area contributed by atoms with E-state index in [1.54, 1.807) is 31.5 Å². The molecule has 0 radical (unpaired) electrons. The highest BCUT2D eigenvalue weighted by atomic mass is 19.1. The molecule has 1 amide bonds. The minimum atomic E-state index is -0.399. The predicted octanol–water partition coefficient (Wildman–Crippen LogP) is 2.43. The number of nitrogens with one attached hydrogen (secondary N) is 1. The van der Waals surface area contributed by atoms with Gasteiger partial charge in [-0.15, -0.1) is 0 Å². The molecule has 20 heavy (non-hydrogen) atoms. The molecule has 0 aliphatic heterocycles. The zero-order valence-corrected chi connectivity index (χ0v) is 10.7. The van der Waals surface area contributed by atoms with Crippen LogP contribution >= 0.6 is 0 Å². The van der Waals surface area contributed by atoms with E-state index in [1.165, 1.54) is 22.8 Å². The number of carbonyl (C=O) groups is 1. The molecule has 2 aromatic heterocycles. The van der Waals surface area contributed by atoms with Crippen LogP contribution in [-0.4, -0.2) is 20.5 Å². The van der Waals surface area contributed by atoms with Crippen LogP contribution in [0.15, 0.2) is 42.9 Å². The molecule has 0 atom stereocenters. The van der Waals surface area contributed by atoms with Crippen LogP contribution in [0.5, 0.6) is 0 Å². The Morgan fingerprint density at radius 1 is 1.40 bits per heavy atom. The van der Waals surface area contributed by atoms with Crippen molar-refractivity contribution in [1.29, 1.82) is 0 Å². The normalized spacial score (nSPS) is 10.7. The van der Waals surface area contributed by atoms with E-state index in [9.17, 15) is 9.18 Å². The number of nitrogens with zero attached hydrogens (tertiary/aromatic N) is 3. The second kappa shape index (κ2) is 4.73. The van der Waals surface area contributed by atoms with E-state index in [1.807, 2.05) is 0 Å². The third-order valence-electron chi connectivity index (χ3n) is 2.97. The Hall–Kier alpha value is -2.76. The molecule has 3 rings (SSSR count). The van der Waals surface area contributed by atoms with Gasteiger partial charge in [-0.2, -0.15) is 5.10 Å². The molecule has 0 saturated heterocycles. The van der Waals surface area contributed by atoms with E-state index in [-0.39, 0.29) is 5.91 Å². The number of aromatic nitrogens is 3. The van der Waals surface area contributed by atoms with E-state index >= 15 is 0 Å². The van der Waals surface area contributed by atoms with E-state index in [4.69, 9.17) is 0 Å². The maximum Gasteiger partial charge on any atom is 0.261 e. The molecule has 2 heterocycles. The molecule has 3 aromatic rings. The van der Waals surface area contributed by atoms with Crippen LogP contribution in [-0.2, 0) is 0 Å². The number of aryl methyl sites for hydroxylation is 1. The van der Waals surface area contributed by atoms with E-state index in [0.717, 1.165) is 5.56 Å². The van der Waals surface area contributed by atoms with Gasteiger partial charge in [-0.25, -0.2) is 13.9 Å². The summed E-state index contributed by atoms with van der Waals surface area (Å²) in [6.07, 6.45) is 4.72. The molecule has 1 aromatic carbocycles. The van der Waals surface area contributed by atoms with Crippen molar-refractivity contribution in [1.82, 2.24) is 14.6 Å². The highest BCUT2D eigenvalue weighted by Gasteiger charge is 2.14. The van der Waals surface area contributed by atoms with Gasteiger partial charge in [-0.05, 0) is 30.7 Å². The number of amides is 1. The number of fused-ring (bicyclic) bond motifs is 1. The fourth-order valence-electron chi connectivity index (χ4n) is 1.91. The summed E-state index contributed by atoms with van der Waals surface area (Å²) in [5.74, 6) is -0.767. The number of rotatable bonds is 2. The standard InChI is InChI=1S/C14H11FN4O/c1-9-3-4-10(15)7-12(9)18-14(20)11-8-17-19-6-2-5-16-13(11)19/h2-8H,1H3,(H,18,20). The summed E-state index contributed by atoms with van der Waals surface area (Å²) in [6.45, 7) is 1.80. The minimum absolute atomic E-state index is 0.342. The van der Waals surface area contributed by atoms with Gasteiger partial charge in [-0.3, -0.25) is 4.79 Å². The average molecular weight is 270 g/mol. The van der Waals surface area contributed by atoms with Crippen LogP contribution in [0.4, 0.5) is 10.1 Å². The number of benzene rings is 1. The molecule has 1 N–H and O–H groups in total. The van der Waals surface area contributed by atoms with Crippen LogP contribution in [0.3, 0.4) is 0 Å². The molecule has 0 fully saturated rings. The van der Waals surface area contributed by atoms with Gasteiger partial charge in [0.2, 0.25) is 0 Å². The molecular formula is C14H11FN4O. The van der Waals surface area contributed by atoms with Crippen LogP contribution in [0.2, 0.25) is 0 Å². The first-order valence-corrected chi connectivity index (χ1v) is 6.01. The van der Waals surface area contributed by atoms with Gasteiger partial charge in [0, 0.05) is 18.1 Å². The molecule has 6 heteroatoms. The van der Waals surface area contributed by atoms with Gasteiger partial charge < -0.3 is 5.32 Å². The number of anilines is 1. The molecule has 0 saturated carbocycles. The molecule has 0 aliphatic rings. The van der Waals surface area contributed by atoms with Gasteiger partial charge in [0.25, 0.3) is 5.91 Å². The number of carbonyl (C=O) groups excluding carboxylic acids is 1. The topological polar surface area (TPSA) is 59.3 Å². The molecule has 0 spiro atoms. The number of halogens is 1. The molecule has 5 nitrogen and oxygen atoms in total. The Labute approximate surface area is 114 Å². The van der Waals surface area contributed by atoms with Crippen LogP contribution in [0.1, 0.15) is 15.9 Å². The van der Waals surface area contributed by atoms with Crippen molar-refractivity contribution in [2.75, 3.05) is 5.32 Å². The van der Waals surface area contributed by atoms with E-state index in [2.05, 4.69) is 15.4 Å². The molecule has 0 unspecified atom stereocenters. The first kappa shape index (κ1) is 12.3. The molecular weight excluding hydrogens is 259 g/mol. The summed E-state index contributed by atoms with van der Waals surface area (Å²) in [5, 5.41) is 6.71. The quantitative estimate of drug-likeness (QED) is 0.778. The highest BCUT2D eigenvalue weighted by Crippen LogP contribution is 2.18. The van der Waals surface area contributed by atoms with Crippen LogP contribution in [0.25, 0.3) is 5.65 Å². The van der Waals surface area contributed by atoms with Crippen molar-refractivity contribution >= 4 is 17.2 Å². The van der Waals surface area contributed by atoms with Gasteiger partial charge >= 0.3 is 0 Å². The Morgan fingerprint density at radius 2 is 2.25 bits per heavy atom. The average Bonchev–Trinajstić information content (AvgIpc) is 2.87. The minimum Gasteiger partial charge on any atom is -0.321 e. The summed E-state index contributed by atoms with van der Waals surface area (Å²) >= 11 is 0. The Balaban J connectivity index is 1.95. The van der Waals surface area contributed by atoms with Crippen molar-refractivity contribution < 1.29 is 9.18 Å². The first-order valence-electron chi connectivity index (χ1n) is 6.01. The Bertz CT molecular complexity index is 797.